The molecule has 2 heterocycles. The molecule has 3 N–H and O–H groups in total. The molecule has 0 aromatic carbocycles. The number of nitrogens with zero attached hydrogens (tertiary/aromatic N) is 2. The Kier molecular flexibility index (Phi) is 2.65. The second kappa shape index (κ2) is 3.81. The van der Waals surface area contributed by atoms with E-state index in [0.717, 1.165) is 16.8 Å². The van der Waals surface area contributed by atoms with Crippen LogP contribution < -0.4 is 5.73 Å². The van der Waals surface area contributed by atoms with E-state index in [4.69, 9.17) is 22.4 Å². The van der Waals surface area contributed by atoms with Gasteiger partial charge in [0.1, 0.15) is 0 Å². The van der Waals surface area contributed by atoms with Crippen molar-refractivity contribution in [2.45, 2.75) is 13.0 Å². The molecular formula is C10H12ClN3O. The van der Waals surface area contributed by atoms with Gasteiger partial charge in [0.2, 0.25) is 5.28 Å². The van der Waals surface area contributed by atoms with Gasteiger partial charge in [0.25, 0.3) is 0 Å². The normalized spacial score (nSPS) is 13.3. The molecule has 0 spiro atoms. The van der Waals surface area contributed by atoms with Crippen LogP contribution in [0.3, 0.4) is 0 Å². The van der Waals surface area contributed by atoms with Gasteiger partial charge < -0.3 is 10.8 Å². The molecule has 0 aliphatic rings. The number of fused-ring (bicyclic) bond motifs is 1. The zero-order chi connectivity index (χ0) is 11.0. The van der Waals surface area contributed by atoms with Crippen LogP contribution >= 0.6 is 11.6 Å². The number of aromatic nitrogens is 2. The van der Waals surface area contributed by atoms with Gasteiger partial charge in [0, 0.05) is 6.20 Å². The molecule has 5 heteroatoms. The van der Waals surface area contributed by atoms with Crippen LogP contribution in [-0.2, 0) is 0 Å². The predicted molar refractivity (Wildman–Crippen MR) is 59.0 cm³/mol. The number of aliphatic hydroxyl groups is 1. The van der Waals surface area contributed by atoms with Crippen LogP contribution in [0.4, 0.5) is 0 Å². The molecule has 2 aromatic rings. The van der Waals surface area contributed by atoms with Crippen molar-refractivity contribution in [1.29, 1.82) is 0 Å². The standard InChI is InChI=1S/C10H12ClN3O/c1-6-9-4-7(8(12)5-15)2-3-14(9)10(11)13-6/h2-4,8,15H,5,12H2,1H3. The largest absolute Gasteiger partial charge is 0.394 e. The van der Waals surface area contributed by atoms with E-state index in [1.165, 1.54) is 0 Å². The average Bonchev–Trinajstić information content (AvgIpc) is 2.53. The lowest BCUT2D eigenvalue weighted by Gasteiger charge is -2.08. The number of hydrogen-bond donors (Lipinski definition) is 2. The first kappa shape index (κ1) is 10.4. The van der Waals surface area contributed by atoms with Crippen LogP contribution in [0.2, 0.25) is 5.28 Å². The molecule has 0 radical (unpaired) electrons. The summed E-state index contributed by atoms with van der Waals surface area (Å²) in [5.74, 6) is 0. The molecule has 2 rings (SSSR count). The van der Waals surface area contributed by atoms with Crippen molar-refractivity contribution in [3.63, 3.8) is 0 Å². The molecule has 0 fully saturated rings. The predicted octanol–water partition coefficient (Wildman–Crippen LogP) is 1.29. The maximum absolute atomic E-state index is 8.96. The lowest BCUT2D eigenvalue weighted by Crippen LogP contribution is -2.14. The highest BCUT2D eigenvalue weighted by Gasteiger charge is 2.09. The van der Waals surface area contributed by atoms with E-state index in [2.05, 4.69) is 4.98 Å². The van der Waals surface area contributed by atoms with E-state index in [1.54, 1.807) is 4.40 Å². The summed E-state index contributed by atoms with van der Waals surface area (Å²) in [7, 11) is 0. The number of rotatable bonds is 2. The van der Waals surface area contributed by atoms with Crippen molar-refractivity contribution in [2.24, 2.45) is 5.73 Å². The fourth-order valence-corrected chi connectivity index (χ4v) is 1.82. The Labute approximate surface area is 92.3 Å². The van der Waals surface area contributed by atoms with Crippen LogP contribution in [-0.4, -0.2) is 21.1 Å². The Morgan fingerprint density at radius 3 is 3.07 bits per heavy atom. The highest BCUT2D eigenvalue weighted by Crippen LogP contribution is 2.19. The number of pyridine rings is 1. The highest BCUT2D eigenvalue weighted by atomic mass is 35.5. The molecule has 15 heavy (non-hydrogen) atoms. The van der Waals surface area contributed by atoms with E-state index in [0.29, 0.717) is 5.28 Å². The number of aryl methyl sites for hydroxylation is 1. The van der Waals surface area contributed by atoms with Crippen LogP contribution in [0.25, 0.3) is 5.52 Å². The van der Waals surface area contributed by atoms with Gasteiger partial charge in [-0.05, 0) is 36.2 Å². The maximum Gasteiger partial charge on any atom is 0.207 e. The average molecular weight is 226 g/mol. The molecule has 2 aromatic heterocycles. The van der Waals surface area contributed by atoms with Crippen molar-refractivity contribution >= 4 is 17.1 Å². The van der Waals surface area contributed by atoms with Crippen LogP contribution in [0.15, 0.2) is 18.3 Å². The van der Waals surface area contributed by atoms with Gasteiger partial charge in [-0.2, -0.15) is 0 Å². The lowest BCUT2D eigenvalue weighted by molar-refractivity contribution is 0.268. The van der Waals surface area contributed by atoms with Gasteiger partial charge in [0.15, 0.2) is 0 Å². The minimum atomic E-state index is -0.358. The number of imidazole rings is 1. The summed E-state index contributed by atoms with van der Waals surface area (Å²) in [5, 5.41) is 9.40. The third-order valence-electron chi connectivity index (χ3n) is 2.43. The van der Waals surface area contributed by atoms with Gasteiger partial charge in [-0.25, -0.2) is 4.98 Å². The minimum Gasteiger partial charge on any atom is -0.394 e. The van der Waals surface area contributed by atoms with E-state index in [-0.39, 0.29) is 12.6 Å². The highest BCUT2D eigenvalue weighted by molar-refractivity contribution is 6.28. The minimum absolute atomic E-state index is 0.0723. The monoisotopic (exact) mass is 225 g/mol. The van der Waals surface area contributed by atoms with Crippen LogP contribution in [0.1, 0.15) is 17.3 Å². The van der Waals surface area contributed by atoms with Gasteiger partial charge in [-0.1, -0.05) is 0 Å². The summed E-state index contributed by atoms with van der Waals surface area (Å²) in [6.45, 7) is 1.81. The molecule has 1 atom stereocenters. The van der Waals surface area contributed by atoms with Crippen LogP contribution in [0.5, 0.6) is 0 Å². The van der Waals surface area contributed by atoms with E-state index >= 15 is 0 Å². The maximum atomic E-state index is 8.96. The Hall–Kier alpha value is -1.10. The van der Waals surface area contributed by atoms with E-state index in [9.17, 15) is 0 Å². The Balaban J connectivity index is 2.60. The molecule has 0 aliphatic heterocycles. The fraction of sp³-hybridized carbons (Fsp3) is 0.300. The molecule has 0 saturated carbocycles. The summed E-state index contributed by atoms with van der Waals surface area (Å²) >= 11 is 5.91. The Morgan fingerprint density at radius 2 is 2.40 bits per heavy atom. The Bertz CT molecular complexity index is 495. The van der Waals surface area contributed by atoms with Crippen LogP contribution in [0, 0.1) is 6.92 Å². The topological polar surface area (TPSA) is 63.5 Å². The zero-order valence-electron chi connectivity index (χ0n) is 8.31. The van der Waals surface area contributed by atoms with E-state index in [1.807, 2.05) is 25.3 Å². The molecule has 4 nitrogen and oxygen atoms in total. The van der Waals surface area contributed by atoms with Crippen molar-refractivity contribution < 1.29 is 5.11 Å². The summed E-state index contributed by atoms with van der Waals surface area (Å²) < 4.78 is 1.78. The molecular weight excluding hydrogens is 214 g/mol. The first-order chi connectivity index (χ1) is 7.13. The summed E-state index contributed by atoms with van der Waals surface area (Å²) in [4.78, 5) is 4.14. The molecule has 0 amide bonds. The smallest absolute Gasteiger partial charge is 0.207 e. The van der Waals surface area contributed by atoms with Gasteiger partial charge in [0.05, 0.1) is 23.9 Å². The Morgan fingerprint density at radius 1 is 1.67 bits per heavy atom. The van der Waals surface area contributed by atoms with Crippen molar-refractivity contribution in [3.05, 3.63) is 34.9 Å². The lowest BCUT2D eigenvalue weighted by atomic mass is 10.1. The van der Waals surface area contributed by atoms with E-state index < -0.39 is 0 Å². The van der Waals surface area contributed by atoms with Gasteiger partial charge in [-0.3, -0.25) is 4.40 Å². The second-order valence-electron chi connectivity index (χ2n) is 3.47. The SMILES string of the molecule is Cc1nc(Cl)n2ccc(C(N)CO)cc12. The van der Waals surface area contributed by atoms with Gasteiger partial charge in [-0.15, -0.1) is 0 Å². The zero-order valence-corrected chi connectivity index (χ0v) is 9.07. The van der Waals surface area contributed by atoms with Gasteiger partial charge >= 0.3 is 0 Å². The fourth-order valence-electron chi connectivity index (χ4n) is 1.54. The first-order valence-corrected chi connectivity index (χ1v) is 5.02. The summed E-state index contributed by atoms with van der Waals surface area (Å²) in [6.07, 6.45) is 1.81. The second-order valence-corrected chi connectivity index (χ2v) is 3.81. The number of halogens is 1. The van der Waals surface area contributed by atoms with Crippen molar-refractivity contribution in [3.8, 4) is 0 Å². The third kappa shape index (κ3) is 1.71. The third-order valence-corrected chi connectivity index (χ3v) is 2.70. The molecule has 1 unspecified atom stereocenters. The molecule has 0 bridgehead atoms. The molecule has 80 valence electrons. The van der Waals surface area contributed by atoms with Crippen molar-refractivity contribution in [1.82, 2.24) is 9.38 Å². The first-order valence-electron chi connectivity index (χ1n) is 4.64. The molecule has 0 saturated heterocycles. The quantitative estimate of drug-likeness (QED) is 0.810. The molecule has 0 aliphatic carbocycles. The summed E-state index contributed by atoms with van der Waals surface area (Å²) in [6, 6.07) is 3.37. The number of nitrogens with two attached hydrogens (primary N) is 1. The van der Waals surface area contributed by atoms with Crippen molar-refractivity contribution in [2.75, 3.05) is 6.61 Å². The summed E-state index contributed by atoms with van der Waals surface area (Å²) in [5.41, 5.74) is 8.38. The number of aliphatic hydroxyl groups excluding tert-OH is 1. The number of hydrogen-bond acceptors (Lipinski definition) is 3.